The van der Waals surface area contributed by atoms with Gasteiger partial charge in [0.2, 0.25) is 0 Å². The monoisotopic (exact) mass is 358 g/mol. The zero-order chi connectivity index (χ0) is 18.7. The highest BCUT2D eigenvalue weighted by Crippen LogP contribution is 2.26. The first-order valence-electron chi connectivity index (χ1n) is 8.94. The van der Waals surface area contributed by atoms with Gasteiger partial charge in [-0.05, 0) is 47.1 Å². The predicted octanol–water partition coefficient (Wildman–Crippen LogP) is 5.73. The van der Waals surface area contributed by atoms with E-state index < -0.39 is 0 Å². The molecule has 0 unspecified atom stereocenters. The molecule has 0 aliphatic rings. The number of benzene rings is 1. The average molecular weight is 359 g/mol. The van der Waals surface area contributed by atoms with Gasteiger partial charge < -0.3 is 4.90 Å². The molecule has 0 bridgehead atoms. The molecule has 1 aromatic carbocycles. The summed E-state index contributed by atoms with van der Waals surface area (Å²) in [6.07, 6.45) is 2.93. The molecule has 0 saturated heterocycles. The lowest BCUT2D eigenvalue weighted by atomic mass is 9.83. The second kappa shape index (κ2) is 7.88. The zero-order valence-corrected chi connectivity index (χ0v) is 17.2. The van der Waals surface area contributed by atoms with Gasteiger partial charge in [-0.25, -0.2) is 4.98 Å². The first-order valence-corrected chi connectivity index (χ1v) is 9.31. The second-order valence-electron chi connectivity index (χ2n) is 8.95. The van der Waals surface area contributed by atoms with Crippen LogP contribution < -0.4 is 0 Å². The lowest BCUT2D eigenvalue weighted by Crippen LogP contribution is -2.32. The number of pyridine rings is 1. The highest BCUT2D eigenvalue weighted by molar-refractivity contribution is 6.29. The van der Waals surface area contributed by atoms with Crippen molar-refractivity contribution < 1.29 is 0 Å². The fraction of sp³-hybridized carbons (Fsp3) is 0.500. The minimum atomic E-state index is 0.206. The van der Waals surface area contributed by atoms with Crippen LogP contribution in [0.4, 0.5) is 0 Å². The van der Waals surface area contributed by atoms with Crippen molar-refractivity contribution >= 4 is 11.6 Å². The molecule has 0 atom stereocenters. The summed E-state index contributed by atoms with van der Waals surface area (Å²) < 4.78 is 0. The van der Waals surface area contributed by atoms with Gasteiger partial charge >= 0.3 is 0 Å². The maximum Gasteiger partial charge on any atom is 0.129 e. The van der Waals surface area contributed by atoms with Crippen LogP contribution >= 0.6 is 11.6 Å². The summed E-state index contributed by atoms with van der Waals surface area (Å²) >= 11 is 5.86. The third-order valence-corrected chi connectivity index (χ3v) is 4.67. The van der Waals surface area contributed by atoms with Crippen LogP contribution in [0.5, 0.6) is 0 Å². The van der Waals surface area contributed by atoms with E-state index in [0.29, 0.717) is 5.15 Å². The standard InChI is InChI=1S/C22H31ClN2/c1-21(2,3)19-10-7-17(8-11-19)13-22(4,5)16-25(6)15-18-9-12-20(23)24-14-18/h7-12,14H,13,15-16H2,1-6H3. The third kappa shape index (κ3) is 6.45. The molecule has 0 saturated carbocycles. The molecule has 2 aromatic rings. The SMILES string of the molecule is CN(Cc1ccc(Cl)nc1)CC(C)(C)Cc1ccc(C(C)(C)C)cc1. The number of halogens is 1. The molecule has 25 heavy (non-hydrogen) atoms. The van der Waals surface area contributed by atoms with Crippen molar-refractivity contribution in [2.75, 3.05) is 13.6 Å². The minimum absolute atomic E-state index is 0.206. The third-order valence-electron chi connectivity index (χ3n) is 4.44. The Hall–Kier alpha value is -1.38. The van der Waals surface area contributed by atoms with Gasteiger partial charge in [0, 0.05) is 19.3 Å². The van der Waals surface area contributed by atoms with Gasteiger partial charge in [0.15, 0.2) is 0 Å². The number of rotatable bonds is 6. The van der Waals surface area contributed by atoms with E-state index in [1.165, 1.54) is 16.7 Å². The molecule has 3 heteroatoms. The molecular weight excluding hydrogens is 328 g/mol. The van der Waals surface area contributed by atoms with Crippen molar-refractivity contribution in [1.29, 1.82) is 0 Å². The van der Waals surface area contributed by atoms with Gasteiger partial charge in [-0.2, -0.15) is 0 Å². The van der Waals surface area contributed by atoms with Gasteiger partial charge in [-0.1, -0.05) is 76.6 Å². The molecule has 0 spiro atoms. The van der Waals surface area contributed by atoms with Gasteiger partial charge in [0.25, 0.3) is 0 Å². The van der Waals surface area contributed by atoms with E-state index in [1.807, 2.05) is 18.3 Å². The first kappa shape index (κ1) is 19.9. The van der Waals surface area contributed by atoms with E-state index in [0.717, 1.165) is 19.5 Å². The maximum absolute atomic E-state index is 5.86. The molecule has 0 radical (unpaired) electrons. The van der Waals surface area contributed by atoms with Crippen molar-refractivity contribution in [3.05, 3.63) is 64.4 Å². The molecule has 1 heterocycles. The summed E-state index contributed by atoms with van der Waals surface area (Å²) in [5, 5.41) is 0.547. The Labute approximate surface area is 158 Å². The molecule has 136 valence electrons. The Morgan fingerprint density at radius 2 is 1.52 bits per heavy atom. The van der Waals surface area contributed by atoms with Crippen LogP contribution in [0, 0.1) is 5.41 Å². The Kier molecular flexibility index (Phi) is 6.29. The van der Waals surface area contributed by atoms with E-state index in [4.69, 9.17) is 11.6 Å². The number of aromatic nitrogens is 1. The fourth-order valence-electron chi connectivity index (χ4n) is 3.33. The number of hydrogen-bond acceptors (Lipinski definition) is 2. The molecule has 2 rings (SSSR count). The largest absolute Gasteiger partial charge is 0.302 e. The van der Waals surface area contributed by atoms with E-state index in [-0.39, 0.29) is 10.8 Å². The van der Waals surface area contributed by atoms with Crippen molar-refractivity contribution in [2.24, 2.45) is 5.41 Å². The Balaban J connectivity index is 1.95. The normalized spacial score (nSPS) is 12.6. The molecule has 0 fully saturated rings. The lowest BCUT2D eigenvalue weighted by molar-refractivity contribution is 0.202. The van der Waals surface area contributed by atoms with Crippen LogP contribution in [0.2, 0.25) is 5.15 Å². The fourth-order valence-corrected chi connectivity index (χ4v) is 3.44. The number of nitrogens with zero attached hydrogens (tertiary/aromatic N) is 2. The molecular formula is C22H31ClN2. The van der Waals surface area contributed by atoms with Crippen LogP contribution in [0.1, 0.15) is 51.3 Å². The average Bonchev–Trinajstić information content (AvgIpc) is 2.48. The van der Waals surface area contributed by atoms with E-state index in [1.54, 1.807) is 0 Å². The van der Waals surface area contributed by atoms with Crippen LogP contribution in [-0.2, 0) is 18.4 Å². The summed E-state index contributed by atoms with van der Waals surface area (Å²) in [6, 6.07) is 13.0. The van der Waals surface area contributed by atoms with E-state index in [2.05, 4.69) is 75.8 Å². The van der Waals surface area contributed by atoms with Crippen LogP contribution in [0.25, 0.3) is 0 Å². The molecule has 1 aromatic heterocycles. The summed E-state index contributed by atoms with van der Waals surface area (Å²) in [4.78, 5) is 6.52. The highest BCUT2D eigenvalue weighted by Gasteiger charge is 2.21. The summed E-state index contributed by atoms with van der Waals surface area (Å²) in [5.41, 5.74) is 4.40. The van der Waals surface area contributed by atoms with Crippen LogP contribution in [0.3, 0.4) is 0 Å². The molecule has 0 N–H and O–H groups in total. The molecule has 0 aliphatic carbocycles. The Bertz CT molecular complexity index is 667. The van der Waals surface area contributed by atoms with Crippen molar-refractivity contribution in [3.63, 3.8) is 0 Å². The van der Waals surface area contributed by atoms with Crippen molar-refractivity contribution in [2.45, 2.75) is 53.0 Å². The lowest BCUT2D eigenvalue weighted by Gasteiger charge is -2.31. The molecule has 0 amide bonds. The molecule has 2 nitrogen and oxygen atoms in total. The van der Waals surface area contributed by atoms with Gasteiger partial charge in [-0.15, -0.1) is 0 Å². The van der Waals surface area contributed by atoms with Gasteiger partial charge in [0.05, 0.1) is 0 Å². The van der Waals surface area contributed by atoms with E-state index in [9.17, 15) is 0 Å². The van der Waals surface area contributed by atoms with Crippen molar-refractivity contribution in [3.8, 4) is 0 Å². The second-order valence-corrected chi connectivity index (χ2v) is 9.34. The van der Waals surface area contributed by atoms with Crippen LogP contribution in [-0.4, -0.2) is 23.5 Å². The summed E-state index contributed by atoms with van der Waals surface area (Å²) in [7, 11) is 2.17. The van der Waals surface area contributed by atoms with Crippen molar-refractivity contribution in [1.82, 2.24) is 9.88 Å². The predicted molar refractivity (Wildman–Crippen MR) is 108 cm³/mol. The summed E-state index contributed by atoms with van der Waals surface area (Å²) in [6.45, 7) is 13.3. The van der Waals surface area contributed by atoms with Gasteiger partial charge in [-0.3, -0.25) is 0 Å². The van der Waals surface area contributed by atoms with E-state index >= 15 is 0 Å². The Morgan fingerprint density at radius 3 is 2.04 bits per heavy atom. The van der Waals surface area contributed by atoms with Gasteiger partial charge in [0.1, 0.15) is 5.15 Å². The summed E-state index contributed by atoms with van der Waals surface area (Å²) in [5.74, 6) is 0. The highest BCUT2D eigenvalue weighted by atomic mass is 35.5. The Morgan fingerprint density at radius 1 is 0.920 bits per heavy atom. The zero-order valence-electron chi connectivity index (χ0n) is 16.4. The van der Waals surface area contributed by atoms with Crippen LogP contribution in [0.15, 0.2) is 42.6 Å². The maximum atomic E-state index is 5.86. The minimum Gasteiger partial charge on any atom is -0.302 e. The molecule has 0 aliphatic heterocycles. The number of hydrogen-bond donors (Lipinski definition) is 0. The topological polar surface area (TPSA) is 16.1 Å². The first-order chi connectivity index (χ1) is 11.5. The quantitative estimate of drug-likeness (QED) is 0.612. The smallest absolute Gasteiger partial charge is 0.129 e.